The SMILES string of the molecule is CC(=O)N1C[C@@H]2CN(C(=O)c3cc(C)ccc3-n3cnnc3)C[C@@H]2C1. The molecule has 3 heterocycles. The first-order valence-electron chi connectivity index (χ1n) is 8.53. The van der Waals surface area contributed by atoms with Gasteiger partial charge in [0.1, 0.15) is 12.7 Å². The lowest BCUT2D eigenvalue weighted by molar-refractivity contribution is -0.128. The van der Waals surface area contributed by atoms with E-state index >= 15 is 0 Å². The molecule has 0 N–H and O–H groups in total. The molecule has 2 fully saturated rings. The van der Waals surface area contributed by atoms with Crippen LogP contribution in [-0.2, 0) is 4.79 Å². The van der Waals surface area contributed by atoms with Gasteiger partial charge in [0.05, 0.1) is 11.3 Å². The van der Waals surface area contributed by atoms with Crippen molar-refractivity contribution >= 4 is 11.8 Å². The number of aryl methyl sites for hydroxylation is 1. The summed E-state index contributed by atoms with van der Waals surface area (Å²) in [5, 5.41) is 7.68. The molecule has 7 heteroatoms. The second-order valence-corrected chi connectivity index (χ2v) is 7.04. The van der Waals surface area contributed by atoms with E-state index in [0.717, 1.165) is 24.3 Å². The van der Waals surface area contributed by atoms with Crippen molar-refractivity contribution in [1.29, 1.82) is 0 Å². The fraction of sp³-hybridized carbons (Fsp3) is 0.444. The molecule has 25 heavy (non-hydrogen) atoms. The van der Waals surface area contributed by atoms with Crippen LogP contribution in [0.25, 0.3) is 5.69 Å². The molecule has 2 aliphatic rings. The molecular formula is C18H21N5O2. The van der Waals surface area contributed by atoms with Gasteiger partial charge < -0.3 is 9.80 Å². The van der Waals surface area contributed by atoms with Crippen LogP contribution in [0, 0.1) is 18.8 Å². The fourth-order valence-corrected chi connectivity index (χ4v) is 3.96. The van der Waals surface area contributed by atoms with Crippen LogP contribution in [0.3, 0.4) is 0 Å². The van der Waals surface area contributed by atoms with Crippen molar-refractivity contribution in [2.24, 2.45) is 11.8 Å². The van der Waals surface area contributed by atoms with Crippen LogP contribution >= 0.6 is 0 Å². The van der Waals surface area contributed by atoms with Gasteiger partial charge in [-0.1, -0.05) is 11.6 Å². The fourth-order valence-electron chi connectivity index (χ4n) is 3.96. The predicted molar refractivity (Wildman–Crippen MR) is 91.2 cm³/mol. The zero-order chi connectivity index (χ0) is 17.6. The molecule has 0 bridgehead atoms. The first-order valence-corrected chi connectivity index (χ1v) is 8.53. The Morgan fingerprint density at radius 2 is 1.60 bits per heavy atom. The monoisotopic (exact) mass is 339 g/mol. The number of fused-ring (bicyclic) bond motifs is 1. The minimum absolute atomic E-state index is 0.0381. The van der Waals surface area contributed by atoms with Gasteiger partial charge in [0, 0.05) is 44.9 Å². The van der Waals surface area contributed by atoms with Gasteiger partial charge >= 0.3 is 0 Å². The molecular weight excluding hydrogens is 318 g/mol. The van der Waals surface area contributed by atoms with Crippen LogP contribution in [0.5, 0.6) is 0 Å². The van der Waals surface area contributed by atoms with Crippen LogP contribution < -0.4 is 0 Å². The first kappa shape index (κ1) is 15.8. The minimum atomic E-state index is 0.0381. The highest BCUT2D eigenvalue weighted by Gasteiger charge is 2.42. The van der Waals surface area contributed by atoms with Crippen molar-refractivity contribution in [3.05, 3.63) is 42.0 Å². The summed E-state index contributed by atoms with van der Waals surface area (Å²) in [5.41, 5.74) is 2.51. The largest absolute Gasteiger partial charge is 0.342 e. The smallest absolute Gasteiger partial charge is 0.256 e. The van der Waals surface area contributed by atoms with Crippen molar-refractivity contribution < 1.29 is 9.59 Å². The van der Waals surface area contributed by atoms with Crippen molar-refractivity contribution in [3.63, 3.8) is 0 Å². The van der Waals surface area contributed by atoms with Crippen LogP contribution in [0.15, 0.2) is 30.9 Å². The van der Waals surface area contributed by atoms with Gasteiger partial charge in [0.15, 0.2) is 0 Å². The minimum Gasteiger partial charge on any atom is -0.342 e. The molecule has 0 unspecified atom stereocenters. The molecule has 0 aliphatic carbocycles. The van der Waals surface area contributed by atoms with E-state index in [2.05, 4.69) is 10.2 Å². The molecule has 2 amide bonds. The molecule has 2 aromatic rings. The van der Waals surface area contributed by atoms with E-state index in [0.29, 0.717) is 30.5 Å². The van der Waals surface area contributed by atoms with E-state index < -0.39 is 0 Å². The summed E-state index contributed by atoms with van der Waals surface area (Å²) in [6, 6.07) is 5.84. The molecule has 7 nitrogen and oxygen atoms in total. The van der Waals surface area contributed by atoms with Gasteiger partial charge in [-0.2, -0.15) is 0 Å². The highest BCUT2D eigenvalue weighted by Crippen LogP contribution is 2.32. The molecule has 0 saturated carbocycles. The van der Waals surface area contributed by atoms with Gasteiger partial charge in [0.2, 0.25) is 5.91 Å². The summed E-state index contributed by atoms with van der Waals surface area (Å²) >= 11 is 0. The third-order valence-corrected chi connectivity index (χ3v) is 5.30. The quantitative estimate of drug-likeness (QED) is 0.822. The number of hydrogen-bond donors (Lipinski definition) is 0. The van der Waals surface area contributed by atoms with Crippen molar-refractivity contribution in [3.8, 4) is 5.69 Å². The number of likely N-dealkylation sites (tertiary alicyclic amines) is 2. The molecule has 1 aromatic heterocycles. The van der Waals surface area contributed by atoms with Gasteiger partial charge in [-0.05, 0) is 19.1 Å². The Labute approximate surface area is 146 Å². The molecule has 4 rings (SSSR count). The summed E-state index contributed by atoms with van der Waals surface area (Å²) in [5.74, 6) is 0.934. The maximum absolute atomic E-state index is 13.2. The molecule has 0 radical (unpaired) electrons. The summed E-state index contributed by atoms with van der Waals surface area (Å²) < 4.78 is 1.76. The number of nitrogens with zero attached hydrogens (tertiary/aromatic N) is 5. The third kappa shape index (κ3) is 2.79. The van der Waals surface area contributed by atoms with Crippen LogP contribution in [0.1, 0.15) is 22.8 Å². The first-order chi connectivity index (χ1) is 12.0. The Morgan fingerprint density at radius 3 is 2.20 bits per heavy atom. The average Bonchev–Trinajstić information content (AvgIpc) is 3.29. The van der Waals surface area contributed by atoms with E-state index in [4.69, 9.17) is 0 Å². The number of rotatable bonds is 2. The van der Waals surface area contributed by atoms with Crippen molar-refractivity contribution in [1.82, 2.24) is 24.6 Å². The van der Waals surface area contributed by atoms with E-state index in [9.17, 15) is 9.59 Å². The van der Waals surface area contributed by atoms with Crippen LogP contribution in [0.4, 0.5) is 0 Å². The summed E-state index contributed by atoms with van der Waals surface area (Å²) in [4.78, 5) is 28.5. The van der Waals surface area contributed by atoms with E-state index in [1.165, 1.54) is 0 Å². The maximum Gasteiger partial charge on any atom is 0.256 e. The number of hydrogen-bond acceptors (Lipinski definition) is 4. The van der Waals surface area contributed by atoms with Crippen molar-refractivity contribution in [2.75, 3.05) is 26.2 Å². The lowest BCUT2D eigenvalue weighted by atomic mass is 10.0. The zero-order valence-electron chi connectivity index (χ0n) is 14.4. The number of aromatic nitrogens is 3. The van der Waals surface area contributed by atoms with Gasteiger partial charge in [-0.15, -0.1) is 10.2 Å². The summed E-state index contributed by atoms with van der Waals surface area (Å²) in [7, 11) is 0. The number of carbonyl (C=O) groups excluding carboxylic acids is 2. The van der Waals surface area contributed by atoms with Gasteiger partial charge in [0.25, 0.3) is 5.91 Å². The number of amides is 2. The van der Waals surface area contributed by atoms with Crippen molar-refractivity contribution in [2.45, 2.75) is 13.8 Å². The van der Waals surface area contributed by atoms with Crippen LogP contribution in [-0.4, -0.2) is 62.6 Å². The molecule has 2 atom stereocenters. The molecule has 2 saturated heterocycles. The standard InChI is InChI=1S/C18H21N5O2/c1-12-3-4-17(23-10-19-20-11-23)16(5-12)18(25)22-8-14-6-21(13(2)24)7-15(14)9-22/h3-5,10-11,14-15H,6-9H2,1-2H3/t14-,15+. The van der Waals surface area contributed by atoms with Crippen LogP contribution in [0.2, 0.25) is 0 Å². The third-order valence-electron chi connectivity index (χ3n) is 5.30. The Balaban J connectivity index is 1.57. The highest BCUT2D eigenvalue weighted by atomic mass is 16.2. The van der Waals surface area contributed by atoms with E-state index in [-0.39, 0.29) is 11.8 Å². The predicted octanol–water partition coefficient (Wildman–Crippen LogP) is 1.13. The average molecular weight is 339 g/mol. The maximum atomic E-state index is 13.2. The summed E-state index contributed by atoms with van der Waals surface area (Å²) in [6.45, 7) is 6.54. The van der Waals surface area contributed by atoms with Gasteiger partial charge in [-0.25, -0.2) is 0 Å². The number of benzene rings is 1. The highest BCUT2D eigenvalue weighted by molar-refractivity contribution is 5.98. The lowest BCUT2D eigenvalue weighted by Gasteiger charge is -2.22. The zero-order valence-corrected chi connectivity index (χ0v) is 14.4. The molecule has 1 aromatic carbocycles. The van der Waals surface area contributed by atoms with E-state index in [1.807, 2.05) is 34.9 Å². The molecule has 2 aliphatic heterocycles. The second-order valence-electron chi connectivity index (χ2n) is 7.04. The Hall–Kier alpha value is -2.70. The Bertz CT molecular complexity index is 803. The number of carbonyl (C=O) groups is 2. The molecule has 0 spiro atoms. The summed E-state index contributed by atoms with van der Waals surface area (Å²) in [6.07, 6.45) is 3.20. The topological polar surface area (TPSA) is 71.3 Å². The van der Waals surface area contributed by atoms with Gasteiger partial charge in [-0.3, -0.25) is 14.2 Å². The lowest BCUT2D eigenvalue weighted by Crippen LogP contribution is -2.35. The molecule has 130 valence electrons. The van der Waals surface area contributed by atoms with E-state index in [1.54, 1.807) is 24.1 Å². The second kappa shape index (κ2) is 5.98. The normalized spacial score (nSPS) is 22.3. The Morgan fingerprint density at radius 1 is 1.00 bits per heavy atom. The Kier molecular flexibility index (Phi) is 3.78.